The summed E-state index contributed by atoms with van der Waals surface area (Å²) in [7, 11) is 0. The van der Waals surface area contributed by atoms with Gasteiger partial charge >= 0.3 is 0 Å². The third kappa shape index (κ3) is 10.5. The number of pyridine rings is 1. The molecule has 0 atom stereocenters. The molecule has 5 heteroatoms. The second-order valence-corrected chi connectivity index (χ2v) is 23.5. The van der Waals surface area contributed by atoms with Crippen LogP contribution in [0.25, 0.3) is 72.7 Å². The Morgan fingerprint density at radius 3 is 1.79 bits per heavy atom. The van der Waals surface area contributed by atoms with E-state index in [2.05, 4.69) is 179 Å². The van der Waals surface area contributed by atoms with Gasteiger partial charge in [-0.3, -0.25) is 9.55 Å². The molecule has 0 aliphatic rings. The molecule has 0 aliphatic carbocycles. The van der Waals surface area contributed by atoms with Crippen molar-refractivity contribution in [3.05, 3.63) is 167 Å². The normalized spacial score (nSPS) is 13.5. The van der Waals surface area contributed by atoms with Crippen molar-refractivity contribution in [1.29, 1.82) is 0 Å². The maximum absolute atomic E-state index is 12.6. The minimum absolute atomic E-state index is 0. The number of aromatic hydroxyl groups is 1. The van der Waals surface area contributed by atoms with Crippen molar-refractivity contribution in [2.24, 2.45) is 5.41 Å². The molecular weight excluding hydrogens is 1010 g/mol. The first-order valence-corrected chi connectivity index (χ1v) is 23.7. The number of phenolic OH excluding ortho intramolecular Hbond substituents is 1. The molecule has 8 aromatic rings. The Kier molecular flexibility index (Phi) is 12.5. The molecule has 4 nitrogen and oxygen atoms in total. The van der Waals surface area contributed by atoms with Gasteiger partial charge in [-0.15, -0.1) is 29.3 Å². The third-order valence-corrected chi connectivity index (χ3v) is 12.6. The molecule has 0 saturated heterocycles. The molecule has 0 amide bonds. The maximum atomic E-state index is 12.6. The van der Waals surface area contributed by atoms with Gasteiger partial charge in [0, 0.05) is 46.8 Å². The van der Waals surface area contributed by atoms with E-state index < -0.39 is 11.8 Å². The number of para-hydroxylation sites is 1. The summed E-state index contributed by atoms with van der Waals surface area (Å²) < 4.78 is 28.8. The summed E-state index contributed by atoms with van der Waals surface area (Å²) >= 11 is 0. The molecule has 354 valence electrons. The van der Waals surface area contributed by atoms with Gasteiger partial charge in [0.15, 0.2) is 0 Å². The Morgan fingerprint density at radius 1 is 0.559 bits per heavy atom. The summed E-state index contributed by atoms with van der Waals surface area (Å²) in [5.74, 6) is 0.855. The number of hydrogen-bond acceptors (Lipinski definition) is 3. The van der Waals surface area contributed by atoms with Gasteiger partial charge in [-0.05, 0) is 97.2 Å². The topological polar surface area (TPSA) is 50.9 Å². The average Bonchev–Trinajstić information content (AvgIpc) is 3.66. The second kappa shape index (κ2) is 18.4. The van der Waals surface area contributed by atoms with Gasteiger partial charge in [0.25, 0.3) is 0 Å². The zero-order valence-electron chi connectivity index (χ0n) is 45.7. The minimum atomic E-state index is -1.53. The molecule has 0 aliphatic heterocycles. The molecular formula is C63H70N3OPt-. The van der Waals surface area contributed by atoms with Crippen LogP contribution < -0.4 is 0 Å². The van der Waals surface area contributed by atoms with Crippen LogP contribution in [0.4, 0.5) is 0 Å². The zero-order valence-corrected chi connectivity index (χ0v) is 45.0. The van der Waals surface area contributed by atoms with Crippen LogP contribution in [0.3, 0.4) is 0 Å². The summed E-state index contributed by atoms with van der Waals surface area (Å²) in [5.41, 5.74) is 13.5. The number of nitrogens with zero attached hydrogens (tertiary/aromatic N) is 3. The van der Waals surface area contributed by atoms with Crippen LogP contribution in [0.1, 0.15) is 136 Å². The Hall–Kier alpha value is -5.57. The van der Waals surface area contributed by atoms with Crippen molar-refractivity contribution in [1.82, 2.24) is 14.5 Å². The van der Waals surface area contributed by atoms with E-state index in [0.717, 1.165) is 72.4 Å². The smallest absolute Gasteiger partial charge is 0.148 e. The molecule has 1 N–H and O–H groups in total. The summed E-state index contributed by atoms with van der Waals surface area (Å²) in [6.45, 7) is 32.1. The maximum Gasteiger partial charge on any atom is 0.148 e. The molecule has 2 heterocycles. The summed E-state index contributed by atoms with van der Waals surface area (Å²) in [4.78, 5) is 10.5. The standard InChI is InChI=1S/C63H70N3O.Pt/c1-59(2,3)39-40-24-26-41(27-25-40)43-30-31-64-53(35-43)45-32-44(33-47(34-45)61(7,8)9)49-22-19-23-55-56(49)65-58(51-37-48(62(10,11)12)38-52(57(51)67)63(13,14)15)66(55)54-29-28-46(60(4,5)6)36-50(54)42-20-17-16-18-21-42;/h16-31,33-38,67H,39H2,1-15H3;/q-1;/i31D,39D2;. The van der Waals surface area contributed by atoms with Gasteiger partial charge in [0.1, 0.15) is 11.6 Å². The second-order valence-electron chi connectivity index (χ2n) is 23.5. The number of benzene rings is 6. The van der Waals surface area contributed by atoms with E-state index in [1.54, 1.807) is 6.07 Å². The largest absolute Gasteiger partial charge is 0.507 e. The predicted octanol–water partition coefficient (Wildman–Crippen LogP) is 17.0. The van der Waals surface area contributed by atoms with Crippen LogP contribution in [0.2, 0.25) is 0 Å². The van der Waals surface area contributed by atoms with Gasteiger partial charge < -0.3 is 5.11 Å². The molecule has 0 spiro atoms. The van der Waals surface area contributed by atoms with Gasteiger partial charge in [0.05, 0.1) is 23.7 Å². The zero-order chi connectivity index (χ0) is 51.1. The van der Waals surface area contributed by atoms with Crippen LogP contribution in [0.15, 0.2) is 134 Å². The van der Waals surface area contributed by atoms with Gasteiger partial charge in [-0.1, -0.05) is 200 Å². The summed E-state index contributed by atoms with van der Waals surface area (Å²) in [6, 6.07) is 47.3. The van der Waals surface area contributed by atoms with Gasteiger partial charge in [-0.25, -0.2) is 4.98 Å². The van der Waals surface area contributed by atoms with Crippen LogP contribution in [-0.4, -0.2) is 19.6 Å². The fourth-order valence-electron chi connectivity index (χ4n) is 8.76. The number of hydrogen-bond donors (Lipinski definition) is 1. The molecule has 8 rings (SSSR count). The number of fused-ring (bicyclic) bond motifs is 1. The van der Waals surface area contributed by atoms with Crippen molar-refractivity contribution in [2.75, 3.05) is 0 Å². The third-order valence-electron chi connectivity index (χ3n) is 12.6. The van der Waals surface area contributed by atoms with Gasteiger partial charge in [0.2, 0.25) is 0 Å². The molecule has 0 radical (unpaired) electrons. The Balaban J connectivity index is 0.00000741. The minimum Gasteiger partial charge on any atom is -0.507 e. The molecule has 2 aromatic heterocycles. The average molecular weight is 1080 g/mol. The van der Waals surface area contributed by atoms with Crippen LogP contribution in [0, 0.1) is 11.5 Å². The quantitative estimate of drug-likeness (QED) is 0.162. The Morgan fingerprint density at radius 2 is 1.18 bits per heavy atom. The molecule has 6 aromatic carbocycles. The van der Waals surface area contributed by atoms with E-state index in [1.165, 1.54) is 5.56 Å². The van der Waals surface area contributed by atoms with Crippen molar-refractivity contribution in [2.45, 2.75) is 132 Å². The number of aromatic nitrogens is 3. The number of rotatable bonds is 7. The van der Waals surface area contributed by atoms with E-state index in [4.69, 9.17) is 14.1 Å². The van der Waals surface area contributed by atoms with E-state index in [-0.39, 0.29) is 54.6 Å². The van der Waals surface area contributed by atoms with E-state index >= 15 is 0 Å². The summed E-state index contributed by atoms with van der Waals surface area (Å²) in [6.07, 6.45) is -1.40. The molecule has 0 unspecified atom stereocenters. The molecule has 0 fully saturated rings. The van der Waals surface area contributed by atoms with E-state index in [9.17, 15) is 5.11 Å². The monoisotopic (exact) mass is 1080 g/mol. The number of phenols is 1. The van der Waals surface area contributed by atoms with Crippen molar-refractivity contribution in [3.8, 4) is 67.5 Å². The first-order valence-electron chi connectivity index (χ1n) is 25.2. The van der Waals surface area contributed by atoms with Crippen molar-refractivity contribution in [3.63, 3.8) is 0 Å². The fraction of sp³-hybridized carbons (Fsp3) is 0.333. The van der Waals surface area contributed by atoms with Crippen LogP contribution >= 0.6 is 0 Å². The van der Waals surface area contributed by atoms with Gasteiger partial charge in [-0.2, -0.15) is 0 Å². The molecule has 0 bridgehead atoms. The SMILES string of the molecule is [2H]c1cc(-c2ccc(C([2H])([2H])C(C)(C)C)cc2)cc(-c2[c-]c(-c3cccc4c3nc(-c3cc(C(C)(C)C)cc(C(C)(C)C)c3O)n4-c3ccc(C(C)(C)C)cc3-c3ccccc3)cc(C(C)(C)C)c2)n1.[Pt]. The first-order chi connectivity index (χ1) is 32.4. The fourth-order valence-corrected chi connectivity index (χ4v) is 8.76. The van der Waals surface area contributed by atoms with E-state index in [0.29, 0.717) is 22.6 Å². The van der Waals surface area contributed by atoms with Crippen LogP contribution in [-0.2, 0) is 49.1 Å². The van der Waals surface area contributed by atoms with Crippen LogP contribution in [0.5, 0.6) is 5.75 Å². The van der Waals surface area contributed by atoms with Crippen molar-refractivity contribution >= 4 is 11.0 Å². The molecule has 0 saturated carbocycles. The Labute approximate surface area is 425 Å². The van der Waals surface area contributed by atoms with E-state index in [1.807, 2.05) is 57.2 Å². The first kappa shape index (κ1) is 46.2. The molecule has 68 heavy (non-hydrogen) atoms. The number of imidazole rings is 1. The predicted molar refractivity (Wildman–Crippen MR) is 285 cm³/mol. The summed E-state index contributed by atoms with van der Waals surface area (Å²) in [5, 5.41) is 12.6. The Bertz CT molecular complexity index is 3260. The van der Waals surface area contributed by atoms with Crippen molar-refractivity contribution < 1.29 is 30.3 Å².